The van der Waals surface area contributed by atoms with E-state index < -0.39 is 6.04 Å². The van der Waals surface area contributed by atoms with Crippen LogP contribution in [0.4, 0.5) is 5.69 Å². The SMILES string of the molecule is CCOC(=O)C1CCN(C(=O)c2cccc(CN3C(=O)C4CCCN4C(=O)c4ccccc43)c2)CC1. The van der Waals surface area contributed by atoms with Gasteiger partial charge in [0, 0.05) is 25.2 Å². The molecule has 3 amide bonds. The predicted octanol–water partition coefficient (Wildman–Crippen LogP) is 3.25. The summed E-state index contributed by atoms with van der Waals surface area (Å²) in [7, 11) is 0. The molecule has 5 rings (SSSR count). The van der Waals surface area contributed by atoms with E-state index >= 15 is 0 Å². The average Bonchev–Trinajstić information content (AvgIpc) is 3.38. The molecule has 3 aliphatic rings. The zero-order chi connectivity index (χ0) is 25.2. The van der Waals surface area contributed by atoms with E-state index in [2.05, 4.69) is 0 Å². The van der Waals surface area contributed by atoms with Crippen LogP contribution in [0, 0.1) is 5.92 Å². The van der Waals surface area contributed by atoms with Crippen molar-refractivity contribution in [3.8, 4) is 0 Å². The zero-order valence-corrected chi connectivity index (χ0v) is 20.5. The number of likely N-dealkylation sites (tertiary alicyclic amines) is 1. The highest BCUT2D eigenvalue weighted by Crippen LogP contribution is 2.33. The number of fused-ring (bicyclic) bond motifs is 2. The molecule has 3 heterocycles. The maximum Gasteiger partial charge on any atom is 0.309 e. The summed E-state index contributed by atoms with van der Waals surface area (Å²) in [5, 5.41) is 0. The van der Waals surface area contributed by atoms with Crippen LogP contribution in [-0.2, 0) is 20.9 Å². The number of carbonyl (C=O) groups is 4. The van der Waals surface area contributed by atoms with Crippen LogP contribution in [0.5, 0.6) is 0 Å². The lowest BCUT2D eigenvalue weighted by molar-refractivity contribution is -0.149. The molecule has 0 bridgehead atoms. The van der Waals surface area contributed by atoms with Gasteiger partial charge in [0.05, 0.1) is 30.3 Å². The maximum atomic E-state index is 13.6. The lowest BCUT2D eigenvalue weighted by Crippen LogP contribution is -2.44. The Bertz CT molecular complexity index is 1190. The number of nitrogens with zero attached hydrogens (tertiary/aromatic N) is 3. The summed E-state index contributed by atoms with van der Waals surface area (Å²) in [6, 6.07) is 14.1. The van der Waals surface area contributed by atoms with Gasteiger partial charge < -0.3 is 19.4 Å². The van der Waals surface area contributed by atoms with Gasteiger partial charge in [-0.3, -0.25) is 19.2 Å². The fourth-order valence-corrected chi connectivity index (χ4v) is 5.52. The maximum absolute atomic E-state index is 13.6. The first-order chi connectivity index (χ1) is 17.5. The number of piperidine rings is 1. The van der Waals surface area contributed by atoms with E-state index in [-0.39, 0.29) is 36.2 Å². The Kier molecular flexibility index (Phi) is 6.76. The molecule has 0 spiro atoms. The first-order valence-electron chi connectivity index (χ1n) is 12.7. The Morgan fingerprint density at radius 2 is 1.75 bits per heavy atom. The minimum atomic E-state index is -0.449. The molecule has 1 unspecified atom stereocenters. The van der Waals surface area contributed by atoms with Crippen LogP contribution in [-0.4, -0.2) is 65.8 Å². The van der Waals surface area contributed by atoms with Gasteiger partial charge in [-0.05, 0) is 62.4 Å². The molecule has 2 aromatic carbocycles. The Labute approximate surface area is 210 Å². The Morgan fingerprint density at radius 1 is 0.972 bits per heavy atom. The van der Waals surface area contributed by atoms with Crippen molar-refractivity contribution in [3.63, 3.8) is 0 Å². The molecule has 8 nitrogen and oxygen atoms in total. The van der Waals surface area contributed by atoms with Gasteiger partial charge in [-0.2, -0.15) is 0 Å². The highest BCUT2D eigenvalue weighted by molar-refractivity contribution is 6.11. The van der Waals surface area contributed by atoms with E-state index in [4.69, 9.17) is 4.74 Å². The van der Waals surface area contributed by atoms with E-state index in [1.807, 2.05) is 36.4 Å². The topological polar surface area (TPSA) is 87.2 Å². The lowest BCUT2D eigenvalue weighted by atomic mass is 9.96. The highest BCUT2D eigenvalue weighted by Gasteiger charge is 2.41. The molecule has 188 valence electrons. The van der Waals surface area contributed by atoms with E-state index in [9.17, 15) is 19.2 Å². The second-order valence-corrected chi connectivity index (χ2v) is 9.62. The van der Waals surface area contributed by atoms with Crippen LogP contribution in [0.2, 0.25) is 0 Å². The van der Waals surface area contributed by atoms with E-state index in [1.165, 1.54) is 0 Å². The number of rotatable bonds is 5. The van der Waals surface area contributed by atoms with Gasteiger partial charge in [-0.25, -0.2) is 0 Å². The summed E-state index contributed by atoms with van der Waals surface area (Å²) in [4.78, 5) is 57.1. The normalized spacial score (nSPS) is 20.1. The number of esters is 1. The molecule has 3 aliphatic heterocycles. The van der Waals surface area contributed by atoms with Crippen molar-refractivity contribution in [2.24, 2.45) is 5.92 Å². The molecule has 0 radical (unpaired) electrons. The van der Waals surface area contributed by atoms with Gasteiger partial charge >= 0.3 is 5.97 Å². The first-order valence-corrected chi connectivity index (χ1v) is 12.7. The van der Waals surface area contributed by atoms with Gasteiger partial charge in [-0.1, -0.05) is 24.3 Å². The standard InChI is InChI=1S/C28H31N3O5/c1-2-36-28(35)20-12-15-29(16-13-20)25(32)21-8-5-7-19(17-21)18-31-23-10-4-3-9-22(23)26(33)30-14-6-11-24(30)27(31)34/h3-5,7-10,17,20,24H,2,6,11-16,18H2,1H3. The smallest absolute Gasteiger partial charge is 0.309 e. The largest absolute Gasteiger partial charge is 0.466 e. The van der Waals surface area contributed by atoms with Crippen molar-refractivity contribution in [3.05, 3.63) is 65.2 Å². The van der Waals surface area contributed by atoms with Gasteiger partial charge in [0.15, 0.2) is 0 Å². The van der Waals surface area contributed by atoms with Crippen molar-refractivity contribution in [2.75, 3.05) is 31.1 Å². The average molecular weight is 490 g/mol. The van der Waals surface area contributed by atoms with Crippen LogP contribution >= 0.6 is 0 Å². The van der Waals surface area contributed by atoms with Crippen molar-refractivity contribution in [1.29, 1.82) is 0 Å². The molecule has 2 saturated heterocycles. The molecule has 8 heteroatoms. The fraction of sp³-hybridized carbons (Fsp3) is 0.429. The monoisotopic (exact) mass is 489 g/mol. The van der Waals surface area contributed by atoms with Crippen molar-refractivity contribution in [1.82, 2.24) is 9.80 Å². The highest BCUT2D eigenvalue weighted by atomic mass is 16.5. The second kappa shape index (κ2) is 10.1. The van der Waals surface area contributed by atoms with Crippen molar-refractivity contribution >= 4 is 29.4 Å². The van der Waals surface area contributed by atoms with E-state index in [0.29, 0.717) is 62.3 Å². The number of hydrogen-bond acceptors (Lipinski definition) is 5. The molecule has 1 atom stereocenters. The van der Waals surface area contributed by atoms with E-state index in [1.54, 1.807) is 33.8 Å². The third kappa shape index (κ3) is 4.47. The summed E-state index contributed by atoms with van der Waals surface area (Å²) in [6.45, 7) is 4.03. The fourth-order valence-electron chi connectivity index (χ4n) is 5.52. The first kappa shape index (κ1) is 24.0. The van der Waals surface area contributed by atoms with Crippen LogP contribution in [0.15, 0.2) is 48.5 Å². The molecular weight excluding hydrogens is 458 g/mol. The number of anilines is 1. The summed E-state index contributed by atoms with van der Waals surface area (Å²) >= 11 is 0. The molecule has 36 heavy (non-hydrogen) atoms. The molecule has 0 saturated carbocycles. The van der Waals surface area contributed by atoms with Crippen LogP contribution in [0.3, 0.4) is 0 Å². The molecule has 0 aromatic heterocycles. The molecule has 0 aliphatic carbocycles. The third-order valence-corrected chi connectivity index (χ3v) is 7.41. The number of benzene rings is 2. The minimum Gasteiger partial charge on any atom is -0.466 e. The van der Waals surface area contributed by atoms with E-state index in [0.717, 1.165) is 12.0 Å². The third-order valence-electron chi connectivity index (χ3n) is 7.41. The summed E-state index contributed by atoms with van der Waals surface area (Å²) < 4.78 is 5.13. The number of ether oxygens (including phenoxy) is 1. The van der Waals surface area contributed by atoms with Gasteiger partial charge in [0.2, 0.25) is 5.91 Å². The number of amides is 3. The Morgan fingerprint density at radius 3 is 2.53 bits per heavy atom. The predicted molar refractivity (Wildman–Crippen MR) is 133 cm³/mol. The number of para-hydroxylation sites is 1. The number of carbonyl (C=O) groups excluding carboxylic acids is 4. The molecular formula is C28H31N3O5. The summed E-state index contributed by atoms with van der Waals surface area (Å²) in [6.07, 6.45) is 2.66. The molecule has 2 fully saturated rings. The Balaban J connectivity index is 1.34. The van der Waals surface area contributed by atoms with Crippen molar-refractivity contribution in [2.45, 2.75) is 45.2 Å². The number of hydrogen-bond donors (Lipinski definition) is 0. The summed E-state index contributed by atoms with van der Waals surface area (Å²) in [5.74, 6) is -0.609. The minimum absolute atomic E-state index is 0.0800. The van der Waals surface area contributed by atoms with Gasteiger partial charge in [0.1, 0.15) is 6.04 Å². The van der Waals surface area contributed by atoms with Gasteiger partial charge in [0.25, 0.3) is 11.8 Å². The lowest BCUT2D eigenvalue weighted by Gasteiger charge is -2.31. The van der Waals surface area contributed by atoms with Crippen LogP contribution in [0.25, 0.3) is 0 Å². The van der Waals surface area contributed by atoms with Crippen LogP contribution < -0.4 is 4.90 Å². The summed E-state index contributed by atoms with van der Waals surface area (Å²) in [5.41, 5.74) is 2.52. The second-order valence-electron chi connectivity index (χ2n) is 9.62. The molecule has 0 N–H and O–H groups in total. The van der Waals surface area contributed by atoms with Gasteiger partial charge in [-0.15, -0.1) is 0 Å². The molecule has 2 aromatic rings. The zero-order valence-electron chi connectivity index (χ0n) is 20.5. The van der Waals surface area contributed by atoms with Crippen LogP contribution in [0.1, 0.15) is 58.9 Å². The Hall–Kier alpha value is -3.68. The quantitative estimate of drug-likeness (QED) is 0.602. The van der Waals surface area contributed by atoms with Crippen molar-refractivity contribution < 1.29 is 23.9 Å².